The van der Waals surface area contributed by atoms with Crippen LogP contribution in [0.15, 0.2) is 28.2 Å². The maximum absolute atomic E-state index is 13.3. The number of nitrogens with zero attached hydrogens (tertiary/aromatic N) is 1. The molecular weight excluding hydrogens is 271 g/mol. The van der Waals surface area contributed by atoms with Gasteiger partial charge in [-0.25, -0.2) is 4.39 Å². The molecule has 0 spiro atoms. The van der Waals surface area contributed by atoms with Gasteiger partial charge in [0.1, 0.15) is 5.82 Å². The Morgan fingerprint density at radius 2 is 2.25 bits per heavy atom. The van der Waals surface area contributed by atoms with Crippen molar-refractivity contribution in [1.29, 1.82) is 5.26 Å². The van der Waals surface area contributed by atoms with Crippen LogP contribution in [0.1, 0.15) is 25.3 Å². The molecular formula is C12H12BrFN2. The molecule has 0 aromatic heterocycles. The van der Waals surface area contributed by atoms with Gasteiger partial charge < -0.3 is 5.73 Å². The van der Waals surface area contributed by atoms with Crippen molar-refractivity contribution in [1.82, 2.24) is 0 Å². The van der Waals surface area contributed by atoms with Crippen molar-refractivity contribution in [3.63, 3.8) is 0 Å². The van der Waals surface area contributed by atoms with Gasteiger partial charge in [-0.3, -0.25) is 0 Å². The van der Waals surface area contributed by atoms with Crippen molar-refractivity contribution < 1.29 is 4.39 Å². The molecule has 0 bridgehead atoms. The first-order valence-electron chi connectivity index (χ1n) is 4.94. The third-order valence-corrected chi connectivity index (χ3v) is 3.01. The molecule has 0 amide bonds. The van der Waals surface area contributed by atoms with Crippen LogP contribution in [0.4, 0.5) is 4.39 Å². The van der Waals surface area contributed by atoms with Crippen LogP contribution in [-0.4, -0.2) is 0 Å². The topological polar surface area (TPSA) is 49.8 Å². The molecule has 4 heteroatoms. The van der Waals surface area contributed by atoms with Gasteiger partial charge >= 0.3 is 0 Å². The number of rotatable bonds is 3. The van der Waals surface area contributed by atoms with Crippen molar-refractivity contribution in [2.45, 2.75) is 19.8 Å². The number of hydrogen-bond acceptors (Lipinski definition) is 2. The first-order chi connectivity index (χ1) is 7.61. The molecule has 0 fully saturated rings. The zero-order chi connectivity index (χ0) is 12.1. The predicted molar refractivity (Wildman–Crippen MR) is 65.7 cm³/mol. The highest BCUT2D eigenvalue weighted by molar-refractivity contribution is 9.10. The maximum atomic E-state index is 13.3. The lowest BCUT2D eigenvalue weighted by molar-refractivity contribution is 0.620. The van der Waals surface area contributed by atoms with Crippen LogP contribution in [0.25, 0.3) is 5.70 Å². The molecule has 16 heavy (non-hydrogen) atoms. The van der Waals surface area contributed by atoms with Crippen molar-refractivity contribution >= 4 is 21.6 Å². The Hall–Kier alpha value is -1.34. The summed E-state index contributed by atoms with van der Waals surface area (Å²) in [4.78, 5) is 0. The summed E-state index contributed by atoms with van der Waals surface area (Å²) in [6, 6.07) is 6.66. The van der Waals surface area contributed by atoms with Crippen LogP contribution >= 0.6 is 15.9 Å². The first kappa shape index (κ1) is 12.7. The Morgan fingerprint density at radius 3 is 2.81 bits per heavy atom. The van der Waals surface area contributed by atoms with Crippen molar-refractivity contribution in [2.75, 3.05) is 0 Å². The Labute approximate surface area is 103 Å². The van der Waals surface area contributed by atoms with E-state index in [0.29, 0.717) is 27.7 Å². The van der Waals surface area contributed by atoms with Crippen LogP contribution in [0.5, 0.6) is 0 Å². The molecule has 1 rings (SSSR count). The van der Waals surface area contributed by atoms with Gasteiger partial charge in [0.15, 0.2) is 0 Å². The summed E-state index contributed by atoms with van der Waals surface area (Å²) in [7, 11) is 0. The normalized spacial score (nSPS) is 11.9. The Balaban J connectivity index is 3.28. The standard InChI is InChI=1S/C12H12BrFN2/c1-2-4-8(7-15)12(16)9-5-3-6-10(14)11(9)13/h3,5-6H,2,4,16H2,1H3/b12-8-. The van der Waals surface area contributed by atoms with E-state index < -0.39 is 0 Å². The second-order valence-corrected chi connectivity index (χ2v) is 4.15. The predicted octanol–water partition coefficient (Wildman–Crippen LogP) is 3.58. The lowest BCUT2D eigenvalue weighted by atomic mass is 10.0. The van der Waals surface area contributed by atoms with Gasteiger partial charge in [-0.2, -0.15) is 5.26 Å². The molecule has 0 saturated heterocycles. The number of nitrogens with two attached hydrogens (primary N) is 1. The monoisotopic (exact) mass is 282 g/mol. The highest BCUT2D eigenvalue weighted by Crippen LogP contribution is 2.27. The van der Waals surface area contributed by atoms with Gasteiger partial charge in [-0.05, 0) is 28.4 Å². The Morgan fingerprint density at radius 1 is 1.56 bits per heavy atom. The van der Waals surface area contributed by atoms with E-state index in [1.807, 2.05) is 6.92 Å². The van der Waals surface area contributed by atoms with Gasteiger partial charge in [0.25, 0.3) is 0 Å². The molecule has 0 saturated carbocycles. The van der Waals surface area contributed by atoms with Gasteiger partial charge in [0.05, 0.1) is 21.8 Å². The van der Waals surface area contributed by atoms with Gasteiger partial charge in [0, 0.05) is 5.56 Å². The molecule has 2 N–H and O–H groups in total. The zero-order valence-electron chi connectivity index (χ0n) is 8.93. The molecule has 0 atom stereocenters. The van der Waals surface area contributed by atoms with Gasteiger partial charge in [0.2, 0.25) is 0 Å². The fraction of sp³-hybridized carbons (Fsp3) is 0.250. The number of halogens is 2. The minimum atomic E-state index is -0.380. The van der Waals surface area contributed by atoms with E-state index in [2.05, 4.69) is 22.0 Å². The third-order valence-electron chi connectivity index (χ3n) is 2.20. The molecule has 1 aromatic carbocycles. The van der Waals surface area contributed by atoms with Crippen LogP contribution in [-0.2, 0) is 0 Å². The summed E-state index contributed by atoms with van der Waals surface area (Å²) >= 11 is 3.13. The van der Waals surface area contributed by atoms with Crippen LogP contribution in [0.3, 0.4) is 0 Å². The molecule has 0 aliphatic rings. The van der Waals surface area contributed by atoms with E-state index in [0.717, 1.165) is 6.42 Å². The number of benzene rings is 1. The minimum absolute atomic E-state index is 0.302. The Kier molecular flexibility index (Phi) is 4.51. The number of nitriles is 1. The van der Waals surface area contributed by atoms with Gasteiger partial charge in [-0.1, -0.05) is 25.5 Å². The lowest BCUT2D eigenvalue weighted by Gasteiger charge is -2.08. The molecule has 0 aliphatic heterocycles. The quantitative estimate of drug-likeness (QED) is 0.862. The van der Waals surface area contributed by atoms with Crippen molar-refractivity contribution in [2.24, 2.45) is 5.73 Å². The van der Waals surface area contributed by atoms with Crippen molar-refractivity contribution in [3.8, 4) is 6.07 Å². The maximum Gasteiger partial charge on any atom is 0.138 e. The summed E-state index contributed by atoms with van der Waals surface area (Å²) in [5, 5.41) is 8.95. The van der Waals surface area contributed by atoms with E-state index >= 15 is 0 Å². The number of hydrogen-bond donors (Lipinski definition) is 1. The fourth-order valence-electron chi connectivity index (χ4n) is 1.38. The van der Waals surface area contributed by atoms with E-state index in [9.17, 15) is 4.39 Å². The highest BCUT2D eigenvalue weighted by Gasteiger charge is 2.11. The molecule has 0 unspecified atom stereocenters. The largest absolute Gasteiger partial charge is 0.397 e. The van der Waals surface area contributed by atoms with E-state index in [-0.39, 0.29) is 5.82 Å². The molecule has 0 aliphatic carbocycles. The molecule has 2 nitrogen and oxygen atoms in total. The summed E-state index contributed by atoms with van der Waals surface area (Å²) in [5.41, 5.74) is 7.24. The smallest absolute Gasteiger partial charge is 0.138 e. The second kappa shape index (κ2) is 5.66. The second-order valence-electron chi connectivity index (χ2n) is 3.36. The van der Waals surface area contributed by atoms with Gasteiger partial charge in [-0.15, -0.1) is 0 Å². The summed E-state index contributed by atoms with van der Waals surface area (Å²) in [6.07, 6.45) is 1.43. The fourth-order valence-corrected chi connectivity index (χ4v) is 1.85. The Bertz CT molecular complexity index is 461. The summed E-state index contributed by atoms with van der Waals surface area (Å²) < 4.78 is 13.6. The lowest BCUT2D eigenvalue weighted by Crippen LogP contribution is -2.02. The highest BCUT2D eigenvalue weighted by atomic mass is 79.9. The van der Waals surface area contributed by atoms with Crippen LogP contribution in [0, 0.1) is 17.1 Å². The molecule has 84 valence electrons. The average Bonchev–Trinajstić information content (AvgIpc) is 2.29. The molecule has 0 heterocycles. The number of allylic oxidation sites excluding steroid dienone is 1. The summed E-state index contributed by atoms with van der Waals surface area (Å²) in [6.45, 7) is 1.96. The SMILES string of the molecule is CCC/C(C#N)=C(/N)c1cccc(F)c1Br. The van der Waals surface area contributed by atoms with Crippen molar-refractivity contribution in [3.05, 3.63) is 39.6 Å². The van der Waals surface area contributed by atoms with Crippen LogP contribution in [0.2, 0.25) is 0 Å². The van der Waals surface area contributed by atoms with E-state index in [1.165, 1.54) is 6.07 Å². The minimum Gasteiger partial charge on any atom is -0.397 e. The third kappa shape index (κ3) is 2.61. The van der Waals surface area contributed by atoms with Crippen LogP contribution < -0.4 is 5.73 Å². The average molecular weight is 283 g/mol. The first-order valence-corrected chi connectivity index (χ1v) is 5.74. The zero-order valence-corrected chi connectivity index (χ0v) is 10.5. The summed E-state index contributed by atoms with van der Waals surface area (Å²) in [5.74, 6) is -0.380. The molecule has 1 aromatic rings. The van der Waals surface area contributed by atoms with E-state index in [1.54, 1.807) is 12.1 Å². The van der Waals surface area contributed by atoms with E-state index in [4.69, 9.17) is 11.0 Å². The molecule has 0 radical (unpaired) electrons.